The molecule has 0 aromatic carbocycles. The lowest BCUT2D eigenvalue weighted by atomic mass is 9.84. The molecule has 0 spiro atoms. The van der Waals surface area contributed by atoms with Gasteiger partial charge in [-0.1, -0.05) is 11.6 Å². The number of ether oxygens (including phenoxy) is 3. The number of hydrogen-bond acceptors (Lipinski definition) is 6. The van der Waals surface area contributed by atoms with Gasteiger partial charge in [0.05, 0.1) is 24.9 Å². The first kappa shape index (κ1) is 18.3. The van der Waals surface area contributed by atoms with Crippen LogP contribution in [0.3, 0.4) is 0 Å². The number of rotatable bonds is 7. The third-order valence-electron chi connectivity index (χ3n) is 4.42. The van der Waals surface area contributed by atoms with Crippen molar-refractivity contribution in [3.63, 3.8) is 0 Å². The minimum absolute atomic E-state index is 0.0893. The van der Waals surface area contributed by atoms with Gasteiger partial charge in [0.15, 0.2) is 0 Å². The van der Waals surface area contributed by atoms with E-state index < -0.39 is 18.4 Å². The molecule has 0 bridgehead atoms. The predicted molar refractivity (Wildman–Crippen MR) is 85.7 cm³/mol. The number of unbranched alkanes of at least 4 members (excludes halogenated alkanes) is 2. The zero-order chi connectivity index (χ0) is 17.5. The first-order chi connectivity index (χ1) is 11.6. The van der Waals surface area contributed by atoms with Crippen molar-refractivity contribution in [3.05, 3.63) is 23.5 Å². The number of fused-ring (bicyclic) bond motifs is 1. The van der Waals surface area contributed by atoms with Crippen LogP contribution in [0.25, 0.3) is 0 Å². The summed E-state index contributed by atoms with van der Waals surface area (Å²) < 4.78 is 15.7. The summed E-state index contributed by atoms with van der Waals surface area (Å²) in [7, 11) is 1.33. The van der Waals surface area contributed by atoms with E-state index in [4.69, 9.17) is 19.3 Å². The molecule has 7 nitrogen and oxygen atoms in total. The summed E-state index contributed by atoms with van der Waals surface area (Å²) in [6, 6.07) is 0. The van der Waals surface area contributed by atoms with Crippen LogP contribution in [0.1, 0.15) is 32.6 Å². The van der Waals surface area contributed by atoms with Gasteiger partial charge in [-0.15, -0.1) is 0 Å². The molecular formula is C17H25NO6. The molecule has 134 valence electrons. The number of allylic oxidation sites excluding steroid dienone is 1. The van der Waals surface area contributed by atoms with Crippen molar-refractivity contribution in [1.29, 1.82) is 0 Å². The molecule has 0 radical (unpaired) electrons. The van der Waals surface area contributed by atoms with Crippen LogP contribution >= 0.6 is 0 Å². The number of aliphatic hydroxyl groups excluding tert-OH is 1. The van der Waals surface area contributed by atoms with E-state index >= 15 is 0 Å². The number of alkyl carbamates (subject to hydrolysis) is 1. The number of hydrogen-bond donors (Lipinski definition) is 2. The van der Waals surface area contributed by atoms with Gasteiger partial charge in [0, 0.05) is 19.1 Å². The van der Waals surface area contributed by atoms with Gasteiger partial charge >= 0.3 is 12.1 Å². The molecular weight excluding hydrogens is 314 g/mol. The highest BCUT2D eigenvalue weighted by Crippen LogP contribution is 2.43. The Morgan fingerprint density at radius 3 is 2.88 bits per heavy atom. The Morgan fingerprint density at radius 1 is 1.38 bits per heavy atom. The average Bonchev–Trinajstić information content (AvgIpc) is 2.97. The van der Waals surface area contributed by atoms with Crippen LogP contribution in [0.4, 0.5) is 4.79 Å². The van der Waals surface area contributed by atoms with Crippen LogP contribution in [0.2, 0.25) is 0 Å². The highest BCUT2D eigenvalue weighted by atomic mass is 16.7. The number of amides is 1. The first-order valence-electron chi connectivity index (χ1n) is 8.24. The van der Waals surface area contributed by atoms with Crippen LogP contribution < -0.4 is 5.32 Å². The number of carbonyl (C=O) groups is 2. The summed E-state index contributed by atoms with van der Waals surface area (Å²) in [5.41, 5.74) is 1.51. The molecule has 7 heteroatoms. The summed E-state index contributed by atoms with van der Waals surface area (Å²) in [4.78, 5) is 23.8. The van der Waals surface area contributed by atoms with Crippen molar-refractivity contribution >= 4 is 12.1 Å². The third-order valence-corrected chi connectivity index (χ3v) is 4.42. The molecule has 1 heterocycles. The Balaban J connectivity index is 1.91. The molecule has 1 amide bonds. The standard InChI is InChI=1S/C17H25NO6/c1-11-6-7-12-13(15(20)22-2)10-23-16(14(11)12)24-17(21)18-8-4-3-5-9-19/h6,10,12,14,16,19H,3-5,7-9H2,1-2H3,(H,18,21). The van der Waals surface area contributed by atoms with Crippen molar-refractivity contribution in [2.24, 2.45) is 11.8 Å². The van der Waals surface area contributed by atoms with Gasteiger partial charge < -0.3 is 24.6 Å². The van der Waals surface area contributed by atoms with Crippen LogP contribution in [0.5, 0.6) is 0 Å². The molecule has 0 fully saturated rings. The van der Waals surface area contributed by atoms with Crippen molar-refractivity contribution < 1.29 is 28.9 Å². The molecule has 2 aliphatic rings. The van der Waals surface area contributed by atoms with E-state index in [1.807, 2.05) is 13.0 Å². The number of nitrogens with one attached hydrogen (secondary N) is 1. The van der Waals surface area contributed by atoms with E-state index in [0.29, 0.717) is 18.5 Å². The Bertz CT molecular complexity index is 527. The lowest BCUT2D eigenvalue weighted by molar-refractivity contribution is -0.141. The van der Waals surface area contributed by atoms with E-state index in [2.05, 4.69) is 5.32 Å². The molecule has 0 saturated carbocycles. The lowest BCUT2D eigenvalue weighted by Crippen LogP contribution is -2.40. The smallest absolute Gasteiger partial charge is 0.410 e. The second-order valence-corrected chi connectivity index (χ2v) is 6.00. The zero-order valence-corrected chi connectivity index (χ0v) is 14.1. The molecule has 1 aliphatic heterocycles. The van der Waals surface area contributed by atoms with Crippen LogP contribution in [0.15, 0.2) is 23.5 Å². The molecule has 3 unspecified atom stereocenters. The van der Waals surface area contributed by atoms with Gasteiger partial charge in [0.1, 0.15) is 0 Å². The fourth-order valence-electron chi connectivity index (χ4n) is 3.12. The highest BCUT2D eigenvalue weighted by Gasteiger charge is 2.44. The van der Waals surface area contributed by atoms with E-state index in [1.165, 1.54) is 13.4 Å². The van der Waals surface area contributed by atoms with Crippen molar-refractivity contribution in [3.8, 4) is 0 Å². The van der Waals surface area contributed by atoms with Crippen LogP contribution in [-0.4, -0.2) is 43.7 Å². The fraction of sp³-hybridized carbons (Fsp3) is 0.647. The van der Waals surface area contributed by atoms with Gasteiger partial charge in [-0.3, -0.25) is 0 Å². The fourth-order valence-corrected chi connectivity index (χ4v) is 3.12. The van der Waals surface area contributed by atoms with E-state index in [1.54, 1.807) is 0 Å². The Morgan fingerprint density at radius 2 is 2.17 bits per heavy atom. The van der Waals surface area contributed by atoms with E-state index in [9.17, 15) is 9.59 Å². The Hall–Kier alpha value is -2.02. The summed E-state index contributed by atoms with van der Waals surface area (Å²) in [6.07, 6.45) is 5.12. The molecule has 2 rings (SSSR count). The Labute approximate surface area is 141 Å². The van der Waals surface area contributed by atoms with Crippen LogP contribution in [-0.2, 0) is 19.0 Å². The number of aliphatic hydroxyl groups is 1. The van der Waals surface area contributed by atoms with Gasteiger partial charge in [-0.25, -0.2) is 9.59 Å². The topological polar surface area (TPSA) is 94.1 Å². The van der Waals surface area contributed by atoms with E-state index in [-0.39, 0.29) is 18.4 Å². The molecule has 0 saturated heterocycles. The third kappa shape index (κ3) is 4.29. The average molecular weight is 339 g/mol. The molecule has 3 atom stereocenters. The second kappa shape index (κ2) is 8.73. The first-order valence-corrected chi connectivity index (χ1v) is 8.24. The van der Waals surface area contributed by atoms with Gasteiger partial charge in [-0.05, 0) is 32.6 Å². The van der Waals surface area contributed by atoms with Crippen molar-refractivity contribution in [2.45, 2.75) is 38.9 Å². The second-order valence-electron chi connectivity index (χ2n) is 6.00. The molecule has 1 aliphatic carbocycles. The maximum Gasteiger partial charge on any atom is 0.410 e. The number of carbonyl (C=O) groups excluding carboxylic acids is 2. The molecule has 0 aromatic rings. The SMILES string of the molecule is COC(=O)C1=COC(OC(=O)NCCCCCO)C2C(C)=CCC12. The van der Waals surface area contributed by atoms with Gasteiger partial charge in [-0.2, -0.15) is 0 Å². The highest BCUT2D eigenvalue weighted by molar-refractivity contribution is 5.89. The Kier molecular flexibility index (Phi) is 6.66. The van der Waals surface area contributed by atoms with Crippen LogP contribution in [0, 0.1) is 11.8 Å². The van der Waals surface area contributed by atoms with Gasteiger partial charge in [0.2, 0.25) is 0 Å². The van der Waals surface area contributed by atoms with Crippen molar-refractivity contribution in [1.82, 2.24) is 5.32 Å². The molecule has 2 N–H and O–H groups in total. The van der Waals surface area contributed by atoms with Gasteiger partial charge in [0.25, 0.3) is 6.29 Å². The summed E-state index contributed by atoms with van der Waals surface area (Å²) in [5.74, 6) is -0.683. The molecule has 24 heavy (non-hydrogen) atoms. The zero-order valence-electron chi connectivity index (χ0n) is 14.1. The summed E-state index contributed by atoms with van der Waals surface area (Å²) in [6.45, 7) is 2.58. The normalized spacial score (nSPS) is 25.0. The van der Waals surface area contributed by atoms with E-state index in [0.717, 1.165) is 24.8 Å². The quantitative estimate of drug-likeness (QED) is 0.418. The monoisotopic (exact) mass is 339 g/mol. The maximum atomic E-state index is 11.9. The number of esters is 1. The van der Waals surface area contributed by atoms with Crippen molar-refractivity contribution in [2.75, 3.05) is 20.3 Å². The summed E-state index contributed by atoms with van der Waals surface area (Å²) in [5, 5.41) is 11.4. The lowest BCUT2D eigenvalue weighted by Gasteiger charge is -2.33. The maximum absolute atomic E-state index is 11.9. The molecule has 0 aromatic heterocycles. The minimum Gasteiger partial charge on any atom is -0.466 e. The minimum atomic E-state index is -0.750. The largest absolute Gasteiger partial charge is 0.466 e. The number of methoxy groups -OCH3 is 1. The summed E-state index contributed by atoms with van der Waals surface area (Å²) >= 11 is 0. The predicted octanol–water partition coefficient (Wildman–Crippen LogP) is 1.87.